The van der Waals surface area contributed by atoms with E-state index in [9.17, 15) is 17.6 Å². The molecule has 4 rings (SSSR count). The molecule has 4 aromatic rings. The lowest BCUT2D eigenvalue weighted by Crippen LogP contribution is -2.28. The minimum atomic E-state index is -4.18. The van der Waals surface area contributed by atoms with Gasteiger partial charge in [-0.2, -0.15) is 0 Å². The third-order valence-electron chi connectivity index (χ3n) is 4.93. The van der Waals surface area contributed by atoms with Crippen LogP contribution in [-0.2, 0) is 10.0 Å². The first-order chi connectivity index (χ1) is 15.8. The molecule has 1 amide bonds. The first-order valence-corrected chi connectivity index (χ1v) is 12.5. The summed E-state index contributed by atoms with van der Waals surface area (Å²) in [5.41, 5.74) is 1.50. The molecule has 0 radical (unpaired) electrons. The van der Waals surface area contributed by atoms with Crippen LogP contribution in [0, 0.1) is 5.82 Å². The smallest absolute Gasteiger partial charge is 0.267 e. The lowest BCUT2D eigenvalue weighted by atomic mass is 10.1. The van der Waals surface area contributed by atoms with E-state index >= 15 is 0 Å². The van der Waals surface area contributed by atoms with E-state index in [1.165, 1.54) is 25.2 Å². The highest BCUT2D eigenvalue weighted by molar-refractivity contribution is 7.93. The maximum absolute atomic E-state index is 13.9. The molecule has 3 aromatic carbocycles. The van der Waals surface area contributed by atoms with E-state index < -0.39 is 21.7 Å². The molecule has 0 saturated carbocycles. The second kappa shape index (κ2) is 9.35. The number of rotatable bonds is 6. The van der Waals surface area contributed by atoms with Crippen molar-refractivity contribution < 1.29 is 17.6 Å². The molecule has 0 atom stereocenters. The number of benzene rings is 3. The van der Waals surface area contributed by atoms with Gasteiger partial charge in [-0.3, -0.25) is 9.10 Å². The average molecular weight is 501 g/mol. The van der Waals surface area contributed by atoms with Gasteiger partial charge in [-0.1, -0.05) is 41.9 Å². The van der Waals surface area contributed by atoms with Gasteiger partial charge in [0.15, 0.2) is 0 Å². The number of nitrogens with one attached hydrogen (secondary N) is 1. The maximum Gasteiger partial charge on any atom is 0.267 e. The van der Waals surface area contributed by atoms with Gasteiger partial charge in [0.25, 0.3) is 15.9 Å². The Kier molecular flexibility index (Phi) is 6.51. The highest BCUT2D eigenvalue weighted by Crippen LogP contribution is 2.38. The number of carbonyl (C=O) groups is 1. The van der Waals surface area contributed by atoms with Crippen molar-refractivity contribution in [2.45, 2.75) is 4.90 Å². The molecule has 0 aliphatic heterocycles. The molecule has 0 fully saturated rings. The van der Waals surface area contributed by atoms with Crippen molar-refractivity contribution in [1.29, 1.82) is 0 Å². The third-order valence-corrected chi connectivity index (χ3v) is 8.16. The first-order valence-electron chi connectivity index (χ1n) is 9.75. The summed E-state index contributed by atoms with van der Waals surface area (Å²) in [7, 11) is -2.76. The summed E-state index contributed by atoms with van der Waals surface area (Å²) in [6.07, 6.45) is 0. The molecule has 1 N–H and O–H groups in total. The van der Waals surface area contributed by atoms with Crippen LogP contribution in [0.4, 0.5) is 15.8 Å². The van der Waals surface area contributed by atoms with Crippen LogP contribution in [0.5, 0.6) is 0 Å². The summed E-state index contributed by atoms with van der Waals surface area (Å²) >= 11 is 6.88. The van der Waals surface area contributed by atoms with Gasteiger partial charge >= 0.3 is 0 Å². The summed E-state index contributed by atoms with van der Waals surface area (Å²) in [5.74, 6) is -1.10. The van der Waals surface area contributed by atoms with E-state index in [0.29, 0.717) is 22.0 Å². The lowest BCUT2D eigenvalue weighted by molar-refractivity contribution is 0.102. The summed E-state index contributed by atoms with van der Waals surface area (Å²) in [4.78, 5) is 13.0. The molecule has 9 heteroatoms. The highest BCUT2D eigenvalue weighted by Gasteiger charge is 2.32. The van der Waals surface area contributed by atoms with Crippen molar-refractivity contribution in [2.24, 2.45) is 0 Å². The van der Waals surface area contributed by atoms with Gasteiger partial charge in [-0.05, 0) is 54.1 Å². The minimum absolute atomic E-state index is 0.00741. The van der Waals surface area contributed by atoms with Crippen LogP contribution in [0.15, 0.2) is 89.1 Å². The molecular formula is C24H18ClFN2O3S2. The number of thiophene rings is 1. The largest absolute Gasteiger partial charge is 0.321 e. The number of carbonyl (C=O) groups excluding carboxylic acids is 1. The van der Waals surface area contributed by atoms with E-state index in [2.05, 4.69) is 5.32 Å². The normalized spacial score (nSPS) is 11.2. The number of anilines is 2. The van der Waals surface area contributed by atoms with Gasteiger partial charge in [0.05, 0.1) is 5.69 Å². The van der Waals surface area contributed by atoms with Crippen LogP contribution < -0.4 is 9.62 Å². The van der Waals surface area contributed by atoms with Gasteiger partial charge < -0.3 is 5.32 Å². The first kappa shape index (κ1) is 23.0. The second-order valence-electron chi connectivity index (χ2n) is 7.09. The molecule has 0 aliphatic carbocycles. The third kappa shape index (κ3) is 4.78. The minimum Gasteiger partial charge on any atom is -0.321 e. The predicted octanol–water partition coefficient (Wildman–Crippen LogP) is 6.29. The van der Waals surface area contributed by atoms with Crippen molar-refractivity contribution in [1.82, 2.24) is 0 Å². The van der Waals surface area contributed by atoms with Gasteiger partial charge in [0.1, 0.15) is 15.6 Å². The Balaban J connectivity index is 1.84. The molecular weight excluding hydrogens is 483 g/mol. The average Bonchev–Trinajstić information content (AvgIpc) is 3.27. The Bertz CT molecular complexity index is 1410. The van der Waals surface area contributed by atoms with Gasteiger partial charge in [-0.15, -0.1) is 11.3 Å². The van der Waals surface area contributed by atoms with Crippen molar-refractivity contribution in [3.63, 3.8) is 0 Å². The van der Waals surface area contributed by atoms with Crippen LogP contribution in [0.25, 0.3) is 11.1 Å². The Morgan fingerprint density at radius 3 is 2.36 bits per heavy atom. The number of hydrogen-bond acceptors (Lipinski definition) is 4. The fourth-order valence-corrected chi connectivity index (χ4v) is 6.23. The van der Waals surface area contributed by atoms with E-state index in [-0.39, 0.29) is 15.3 Å². The molecule has 0 bridgehead atoms. The summed E-state index contributed by atoms with van der Waals surface area (Å²) in [5, 5.41) is 4.77. The monoisotopic (exact) mass is 500 g/mol. The van der Waals surface area contributed by atoms with E-state index in [4.69, 9.17) is 11.6 Å². The van der Waals surface area contributed by atoms with Crippen LogP contribution in [0.1, 0.15) is 9.67 Å². The van der Waals surface area contributed by atoms with E-state index in [0.717, 1.165) is 15.6 Å². The summed E-state index contributed by atoms with van der Waals surface area (Å²) in [6.45, 7) is 0. The zero-order valence-corrected chi connectivity index (χ0v) is 19.7. The molecule has 0 saturated heterocycles. The molecule has 33 heavy (non-hydrogen) atoms. The number of halogens is 2. The van der Waals surface area contributed by atoms with Crippen LogP contribution in [0.3, 0.4) is 0 Å². The fraction of sp³-hybridized carbons (Fsp3) is 0.0417. The van der Waals surface area contributed by atoms with Crippen LogP contribution >= 0.6 is 22.9 Å². The van der Waals surface area contributed by atoms with Crippen LogP contribution in [-0.4, -0.2) is 21.4 Å². The molecule has 0 spiro atoms. The van der Waals surface area contributed by atoms with Gasteiger partial charge in [-0.25, -0.2) is 12.8 Å². The molecule has 0 unspecified atom stereocenters. The summed E-state index contributed by atoms with van der Waals surface area (Å²) < 4.78 is 42.5. The number of sulfonamides is 1. The quantitative estimate of drug-likeness (QED) is 0.338. The number of amides is 1. The zero-order valence-electron chi connectivity index (χ0n) is 17.3. The lowest BCUT2D eigenvalue weighted by Gasteiger charge is -2.21. The molecule has 1 aromatic heterocycles. The Morgan fingerprint density at radius 2 is 1.70 bits per heavy atom. The van der Waals surface area contributed by atoms with Crippen molar-refractivity contribution >= 4 is 50.2 Å². The Labute approximate surface area is 200 Å². The van der Waals surface area contributed by atoms with E-state index in [1.54, 1.807) is 66.0 Å². The van der Waals surface area contributed by atoms with E-state index in [1.807, 2.05) is 0 Å². The Hall–Kier alpha value is -3.20. The van der Waals surface area contributed by atoms with Crippen molar-refractivity contribution in [3.05, 3.63) is 100.0 Å². The molecule has 0 aliphatic rings. The standard InChI is InChI=1S/C24H18ClFN2O3S2/c1-28(20-8-3-2-4-9-20)33(30,31)23-21(16-6-5-7-18(26)14-16)15-32-22(23)24(29)27-19-12-10-17(25)11-13-19/h2-15H,1H3,(H,27,29). The molecule has 168 valence electrons. The topological polar surface area (TPSA) is 66.5 Å². The molecule has 1 heterocycles. The maximum atomic E-state index is 13.9. The van der Waals surface area contributed by atoms with Gasteiger partial charge in [0.2, 0.25) is 0 Å². The SMILES string of the molecule is CN(c1ccccc1)S(=O)(=O)c1c(-c2cccc(F)c2)csc1C(=O)Nc1ccc(Cl)cc1. The van der Waals surface area contributed by atoms with Gasteiger partial charge in [0, 0.05) is 28.7 Å². The van der Waals surface area contributed by atoms with Crippen LogP contribution in [0.2, 0.25) is 5.02 Å². The highest BCUT2D eigenvalue weighted by atomic mass is 35.5. The zero-order chi connectivity index (χ0) is 23.6. The Morgan fingerprint density at radius 1 is 1.00 bits per heavy atom. The van der Waals surface area contributed by atoms with Crippen molar-refractivity contribution in [2.75, 3.05) is 16.7 Å². The predicted molar refractivity (Wildman–Crippen MR) is 131 cm³/mol. The fourth-order valence-electron chi connectivity index (χ4n) is 3.25. The van der Waals surface area contributed by atoms with Crippen molar-refractivity contribution in [3.8, 4) is 11.1 Å². The number of para-hydroxylation sites is 1. The number of hydrogen-bond donors (Lipinski definition) is 1. The number of nitrogens with zero attached hydrogens (tertiary/aromatic N) is 1. The summed E-state index contributed by atoms with van der Waals surface area (Å²) in [6, 6.07) is 20.6. The second-order valence-corrected chi connectivity index (χ2v) is 10.3. The molecule has 5 nitrogen and oxygen atoms in total.